The molecule has 0 aromatic heterocycles. The second-order valence-corrected chi connectivity index (χ2v) is 5.03. The van der Waals surface area contributed by atoms with Crippen LogP contribution in [0.1, 0.15) is 15.9 Å². The molecular weight excluding hydrogens is 281 g/mol. The van der Waals surface area contributed by atoms with Gasteiger partial charge in [0.1, 0.15) is 11.6 Å². The van der Waals surface area contributed by atoms with Crippen molar-refractivity contribution in [3.05, 3.63) is 65.5 Å². The van der Waals surface area contributed by atoms with E-state index in [-0.39, 0.29) is 11.3 Å². The summed E-state index contributed by atoms with van der Waals surface area (Å²) in [5.41, 5.74) is 2.19. The monoisotopic (exact) mass is 299 g/mol. The van der Waals surface area contributed by atoms with Gasteiger partial charge in [-0.15, -0.1) is 0 Å². The predicted molar refractivity (Wildman–Crippen MR) is 87.1 cm³/mol. The Hall–Kier alpha value is -2.62. The van der Waals surface area contributed by atoms with Crippen molar-refractivity contribution in [3.63, 3.8) is 0 Å². The van der Waals surface area contributed by atoms with Crippen molar-refractivity contribution in [2.45, 2.75) is 0 Å². The average molecular weight is 299 g/mol. The second-order valence-electron chi connectivity index (χ2n) is 5.03. The Morgan fingerprint density at radius 2 is 1.82 bits per heavy atom. The van der Waals surface area contributed by atoms with E-state index < -0.39 is 5.82 Å². The molecule has 0 aliphatic carbocycles. The lowest BCUT2D eigenvalue weighted by Gasteiger charge is -2.11. The molecule has 0 aliphatic rings. The lowest BCUT2D eigenvalue weighted by molar-refractivity contribution is 0.104. The molecule has 0 radical (unpaired) electrons. The van der Waals surface area contributed by atoms with Gasteiger partial charge in [-0.3, -0.25) is 4.79 Å². The van der Waals surface area contributed by atoms with E-state index in [0.29, 0.717) is 5.75 Å². The Balaban J connectivity index is 2.19. The SMILES string of the molecule is COc1ccc(F)cc1C(=O)/C=C/c1ccc(N(C)C)cc1. The van der Waals surface area contributed by atoms with Crippen LogP contribution < -0.4 is 9.64 Å². The zero-order chi connectivity index (χ0) is 16.1. The van der Waals surface area contributed by atoms with Gasteiger partial charge in [0.25, 0.3) is 0 Å². The molecule has 0 N–H and O–H groups in total. The highest BCUT2D eigenvalue weighted by molar-refractivity contribution is 6.08. The number of rotatable bonds is 5. The van der Waals surface area contributed by atoms with Gasteiger partial charge in [0.05, 0.1) is 12.7 Å². The van der Waals surface area contributed by atoms with Crippen molar-refractivity contribution < 1.29 is 13.9 Å². The highest BCUT2D eigenvalue weighted by Crippen LogP contribution is 2.21. The van der Waals surface area contributed by atoms with Crippen LogP contribution in [0.25, 0.3) is 6.08 Å². The minimum atomic E-state index is -0.465. The predicted octanol–water partition coefficient (Wildman–Crippen LogP) is 3.80. The molecular formula is C18H18FNO2. The number of hydrogen-bond donors (Lipinski definition) is 0. The molecule has 0 bridgehead atoms. The van der Waals surface area contributed by atoms with Crippen LogP contribution in [-0.4, -0.2) is 27.0 Å². The van der Waals surface area contributed by atoms with Gasteiger partial charge >= 0.3 is 0 Å². The van der Waals surface area contributed by atoms with Crippen molar-refractivity contribution in [1.82, 2.24) is 0 Å². The summed E-state index contributed by atoms with van der Waals surface area (Å²) in [5, 5.41) is 0. The number of anilines is 1. The molecule has 0 aliphatic heterocycles. The molecule has 4 heteroatoms. The van der Waals surface area contributed by atoms with E-state index in [1.54, 1.807) is 6.08 Å². The largest absolute Gasteiger partial charge is 0.496 e. The summed E-state index contributed by atoms with van der Waals surface area (Å²) in [4.78, 5) is 14.2. The van der Waals surface area contributed by atoms with Crippen molar-refractivity contribution in [2.75, 3.05) is 26.1 Å². The Labute approximate surface area is 129 Å². The van der Waals surface area contributed by atoms with Gasteiger partial charge in [0.2, 0.25) is 0 Å². The van der Waals surface area contributed by atoms with Crippen LogP contribution in [-0.2, 0) is 0 Å². The van der Waals surface area contributed by atoms with E-state index >= 15 is 0 Å². The Bertz CT molecular complexity index is 691. The van der Waals surface area contributed by atoms with Crippen LogP contribution in [0.2, 0.25) is 0 Å². The molecule has 2 aromatic carbocycles. The maximum Gasteiger partial charge on any atom is 0.189 e. The molecule has 114 valence electrons. The minimum absolute atomic E-state index is 0.212. The summed E-state index contributed by atoms with van der Waals surface area (Å²) in [5.74, 6) is -0.403. The third-order valence-corrected chi connectivity index (χ3v) is 3.26. The lowest BCUT2D eigenvalue weighted by Crippen LogP contribution is -2.07. The van der Waals surface area contributed by atoms with E-state index in [0.717, 1.165) is 11.3 Å². The molecule has 0 saturated carbocycles. The number of nitrogens with zero attached hydrogens (tertiary/aromatic N) is 1. The van der Waals surface area contributed by atoms with Crippen molar-refractivity contribution in [1.29, 1.82) is 0 Å². The zero-order valence-electron chi connectivity index (χ0n) is 12.8. The molecule has 0 spiro atoms. The smallest absolute Gasteiger partial charge is 0.189 e. The quantitative estimate of drug-likeness (QED) is 0.621. The minimum Gasteiger partial charge on any atom is -0.496 e. The molecule has 22 heavy (non-hydrogen) atoms. The normalized spacial score (nSPS) is 10.7. The Kier molecular flexibility index (Phi) is 4.94. The fourth-order valence-corrected chi connectivity index (χ4v) is 2.02. The van der Waals surface area contributed by atoms with Gasteiger partial charge in [-0.1, -0.05) is 18.2 Å². The zero-order valence-corrected chi connectivity index (χ0v) is 12.8. The van der Waals surface area contributed by atoms with Gasteiger partial charge in [-0.2, -0.15) is 0 Å². The van der Waals surface area contributed by atoms with E-state index in [4.69, 9.17) is 4.74 Å². The fraction of sp³-hybridized carbons (Fsp3) is 0.167. The van der Waals surface area contributed by atoms with Gasteiger partial charge in [-0.05, 0) is 42.0 Å². The molecule has 0 saturated heterocycles. The standard InChI is InChI=1S/C18H18FNO2/c1-20(2)15-8-4-13(5-9-15)6-10-17(21)16-12-14(19)7-11-18(16)22-3/h4-12H,1-3H3/b10-6+. The number of carbonyl (C=O) groups is 1. The summed E-state index contributed by atoms with van der Waals surface area (Å²) in [6.45, 7) is 0. The Morgan fingerprint density at radius 1 is 1.14 bits per heavy atom. The highest BCUT2D eigenvalue weighted by Gasteiger charge is 2.10. The van der Waals surface area contributed by atoms with Crippen LogP contribution >= 0.6 is 0 Å². The molecule has 2 rings (SSSR count). The third-order valence-electron chi connectivity index (χ3n) is 3.26. The van der Waals surface area contributed by atoms with Gasteiger partial charge in [0, 0.05) is 19.8 Å². The topological polar surface area (TPSA) is 29.5 Å². The highest BCUT2D eigenvalue weighted by atomic mass is 19.1. The van der Waals surface area contributed by atoms with E-state index in [2.05, 4.69) is 0 Å². The first-order chi connectivity index (χ1) is 10.5. The number of ketones is 1. The van der Waals surface area contributed by atoms with Crippen molar-refractivity contribution in [3.8, 4) is 5.75 Å². The van der Waals surface area contributed by atoms with Gasteiger partial charge < -0.3 is 9.64 Å². The molecule has 2 aromatic rings. The van der Waals surface area contributed by atoms with Crippen LogP contribution in [0.15, 0.2) is 48.5 Å². The van der Waals surface area contributed by atoms with E-state index in [1.165, 1.54) is 31.4 Å². The summed E-state index contributed by atoms with van der Waals surface area (Å²) in [6.07, 6.45) is 3.12. The molecule has 0 heterocycles. The Morgan fingerprint density at radius 3 is 2.41 bits per heavy atom. The number of allylic oxidation sites excluding steroid dienone is 1. The average Bonchev–Trinajstić information content (AvgIpc) is 2.53. The van der Waals surface area contributed by atoms with E-state index in [9.17, 15) is 9.18 Å². The van der Waals surface area contributed by atoms with Gasteiger partial charge in [-0.25, -0.2) is 4.39 Å². The van der Waals surface area contributed by atoms with Crippen LogP contribution in [0.5, 0.6) is 5.75 Å². The van der Waals surface area contributed by atoms with Gasteiger partial charge in [0.15, 0.2) is 5.78 Å². The first-order valence-electron chi connectivity index (χ1n) is 6.84. The number of methoxy groups -OCH3 is 1. The number of carbonyl (C=O) groups excluding carboxylic acids is 1. The summed E-state index contributed by atoms with van der Waals surface area (Å²) in [6, 6.07) is 11.7. The first kappa shape index (κ1) is 15.8. The molecule has 0 amide bonds. The summed E-state index contributed by atoms with van der Waals surface area (Å²) >= 11 is 0. The first-order valence-corrected chi connectivity index (χ1v) is 6.84. The number of hydrogen-bond acceptors (Lipinski definition) is 3. The molecule has 3 nitrogen and oxygen atoms in total. The lowest BCUT2D eigenvalue weighted by atomic mass is 10.1. The number of ether oxygens (including phenoxy) is 1. The molecule has 0 fully saturated rings. The van der Waals surface area contributed by atoms with Crippen molar-refractivity contribution in [2.24, 2.45) is 0 Å². The van der Waals surface area contributed by atoms with E-state index in [1.807, 2.05) is 43.3 Å². The van der Waals surface area contributed by atoms with Crippen LogP contribution in [0.4, 0.5) is 10.1 Å². The number of halogens is 1. The third kappa shape index (κ3) is 3.73. The second kappa shape index (κ2) is 6.89. The summed E-state index contributed by atoms with van der Waals surface area (Å²) < 4.78 is 18.4. The molecule has 0 unspecified atom stereocenters. The maximum absolute atomic E-state index is 13.3. The fourth-order valence-electron chi connectivity index (χ4n) is 2.02. The van der Waals surface area contributed by atoms with Crippen LogP contribution in [0, 0.1) is 5.82 Å². The number of benzene rings is 2. The van der Waals surface area contributed by atoms with Crippen molar-refractivity contribution >= 4 is 17.5 Å². The summed E-state index contributed by atoms with van der Waals surface area (Å²) in [7, 11) is 5.38. The van der Waals surface area contributed by atoms with Crippen LogP contribution in [0.3, 0.4) is 0 Å². The maximum atomic E-state index is 13.3. The molecule has 0 atom stereocenters.